The van der Waals surface area contributed by atoms with Gasteiger partial charge in [0.2, 0.25) is 0 Å². The SMILES string of the molecule is CCc1c(NN)ncnc1NC(C)CCO. The van der Waals surface area contributed by atoms with Crippen molar-refractivity contribution in [2.45, 2.75) is 32.7 Å². The third kappa shape index (κ3) is 3.04. The molecule has 90 valence electrons. The lowest BCUT2D eigenvalue weighted by Gasteiger charge is -2.17. The number of aromatic nitrogens is 2. The van der Waals surface area contributed by atoms with Gasteiger partial charge in [-0.2, -0.15) is 0 Å². The molecule has 1 heterocycles. The lowest BCUT2D eigenvalue weighted by molar-refractivity contribution is 0.282. The van der Waals surface area contributed by atoms with Crippen LogP contribution in [-0.2, 0) is 6.42 Å². The predicted octanol–water partition coefficient (Wildman–Crippen LogP) is 0.507. The van der Waals surface area contributed by atoms with E-state index < -0.39 is 0 Å². The molecule has 0 radical (unpaired) electrons. The minimum absolute atomic E-state index is 0.155. The number of nitrogens with one attached hydrogen (secondary N) is 2. The van der Waals surface area contributed by atoms with Crippen LogP contribution in [0, 0.1) is 0 Å². The van der Waals surface area contributed by atoms with Gasteiger partial charge < -0.3 is 15.8 Å². The molecule has 1 unspecified atom stereocenters. The summed E-state index contributed by atoms with van der Waals surface area (Å²) in [4.78, 5) is 8.23. The van der Waals surface area contributed by atoms with Crippen LogP contribution in [0.25, 0.3) is 0 Å². The number of aliphatic hydroxyl groups is 1. The lowest BCUT2D eigenvalue weighted by Crippen LogP contribution is -2.20. The normalized spacial score (nSPS) is 12.2. The molecule has 0 aliphatic carbocycles. The average Bonchev–Trinajstić information content (AvgIpc) is 2.29. The second-order valence-electron chi connectivity index (χ2n) is 3.60. The van der Waals surface area contributed by atoms with Crippen LogP contribution >= 0.6 is 0 Å². The molecule has 0 saturated heterocycles. The first-order chi connectivity index (χ1) is 7.72. The molecule has 1 atom stereocenters. The van der Waals surface area contributed by atoms with E-state index in [2.05, 4.69) is 20.7 Å². The first-order valence-corrected chi connectivity index (χ1v) is 5.40. The van der Waals surface area contributed by atoms with Crippen LogP contribution in [0.3, 0.4) is 0 Å². The average molecular weight is 225 g/mol. The van der Waals surface area contributed by atoms with Crippen molar-refractivity contribution in [2.24, 2.45) is 5.84 Å². The summed E-state index contributed by atoms with van der Waals surface area (Å²) in [5, 5.41) is 12.1. The molecule has 0 aliphatic heterocycles. The van der Waals surface area contributed by atoms with Crippen molar-refractivity contribution in [1.29, 1.82) is 0 Å². The van der Waals surface area contributed by atoms with Gasteiger partial charge in [-0.3, -0.25) is 0 Å². The molecule has 6 nitrogen and oxygen atoms in total. The number of hydrazine groups is 1. The maximum atomic E-state index is 8.84. The number of hydrogen-bond donors (Lipinski definition) is 4. The van der Waals surface area contributed by atoms with Gasteiger partial charge in [-0.05, 0) is 19.8 Å². The zero-order valence-electron chi connectivity index (χ0n) is 9.70. The monoisotopic (exact) mass is 225 g/mol. The number of nitrogens with zero attached hydrogens (tertiary/aromatic N) is 2. The predicted molar refractivity (Wildman–Crippen MR) is 64.0 cm³/mol. The van der Waals surface area contributed by atoms with E-state index in [4.69, 9.17) is 10.9 Å². The molecule has 1 rings (SSSR count). The van der Waals surface area contributed by atoms with Crippen molar-refractivity contribution in [2.75, 3.05) is 17.3 Å². The van der Waals surface area contributed by atoms with Gasteiger partial charge in [-0.25, -0.2) is 15.8 Å². The Balaban J connectivity index is 2.86. The summed E-state index contributed by atoms with van der Waals surface area (Å²) in [6, 6.07) is 0.163. The van der Waals surface area contributed by atoms with E-state index in [0.717, 1.165) is 17.8 Å². The summed E-state index contributed by atoms with van der Waals surface area (Å²) in [6.07, 6.45) is 2.93. The highest BCUT2D eigenvalue weighted by atomic mass is 16.3. The second kappa shape index (κ2) is 6.24. The van der Waals surface area contributed by atoms with Gasteiger partial charge in [0.05, 0.1) is 0 Å². The fraction of sp³-hybridized carbons (Fsp3) is 0.600. The first kappa shape index (κ1) is 12.7. The van der Waals surface area contributed by atoms with E-state index in [1.165, 1.54) is 6.33 Å². The third-order valence-corrected chi connectivity index (χ3v) is 2.38. The number of anilines is 2. The fourth-order valence-electron chi connectivity index (χ4n) is 1.50. The Kier molecular flexibility index (Phi) is 4.94. The summed E-state index contributed by atoms with van der Waals surface area (Å²) >= 11 is 0. The molecule has 0 aliphatic rings. The Morgan fingerprint density at radius 1 is 1.44 bits per heavy atom. The standard InChI is InChI=1S/C10H19N5O/c1-3-8-9(14-7(2)4-5-16)12-6-13-10(8)15-11/h6-7,16H,3-5,11H2,1-2H3,(H2,12,13,14,15). The van der Waals surface area contributed by atoms with Gasteiger partial charge in [-0.15, -0.1) is 0 Å². The summed E-state index contributed by atoms with van der Waals surface area (Å²) in [5.41, 5.74) is 3.51. The van der Waals surface area contributed by atoms with Gasteiger partial charge >= 0.3 is 0 Å². The van der Waals surface area contributed by atoms with Crippen molar-refractivity contribution >= 4 is 11.6 Å². The highest BCUT2D eigenvalue weighted by Gasteiger charge is 2.10. The molecule has 5 N–H and O–H groups in total. The highest BCUT2D eigenvalue weighted by molar-refractivity contribution is 5.57. The number of nitrogens with two attached hydrogens (primary N) is 1. The van der Waals surface area contributed by atoms with E-state index in [0.29, 0.717) is 12.2 Å². The molecule has 6 heteroatoms. The zero-order chi connectivity index (χ0) is 12.0. The Morgan fingerprint density at radius 3 is 2.69 bits per heavy atom. The maximum Gasteiger partial charge on any atom is 0.148 e. The Morgan fingerprint density at radius 2 is 2.12 bits per heavy atom. The van der Waals surface area contributed by atoms with Gasteiger partial charge in [0.25, 0.3) is 0 Å². The largest absolute Gasteiger partial charge is 0.396 e. The molecule has 0 saturated carbocycles. The minimum Gasteiger partial charge on any atom is -0.396 e. The number of rotatable bonds is 6. The molecular formula is C10H19N5O. The topological polar surface area (TPSA) is 96.1 Å². The molecule has 0 bridgehead atoms. The van der Waals surface area contributed by atoms with Crippen LogP contribution < -0.4 is 16.6 Å². The van der Waals surface area contributed by atoms with Crippen LogP contribution in [0.2, 0.25) is 0 Å². The Hall–Kier alpha value is -1.40. The summed E-state index contributed by atoms with van der Waals surface area (Å²) in [6.45, 7) is 4.16. The molecule has 0 aromatic carbocycles. The van der Waals surface area contributed by atoms with Crippen molar-refractivity contribution in [1.82, 2.24) is 9.97 Å². The zero-order valence-corrected chi connectivity index (χ0v) is 9.70. The van der Waals surface area contributed by atoms with Crippen molar-refractivity contribution < 1.29 is 5.11 Å². The van der Waals surface area contributed by atoms with Crippen LogP contribution in [0.5, 0.6) is 0 Å². The maximum absolute atomic E-state index is 8.84. The van der Waals surface area contributed by atoms with Crippen molar-refractivity contribution in [3.63, 3.8) is 0 Å². The smallest absolute Gasteiger partial charge is 0.148 e. The van der Waals surface area contributed by atoms with E-state index in [9.17, 15) is 0 Å². The number of nitrogen functional groups attached to an aromatic ring is 1. The molecule has 0 fully saturated rings. The Bertz CT molecular complexity index is 331. The second-order valence-corrected chi connectivity index (χ2v) is 3.60. The number of hydrogen-bond acceptors (Lipinski definition) is 6. The van der Waals surface area contributed by atoms with Crippen LogP contribution in [0.15, 0.2) is 6.33 Å². The van der Waals surface area contributed by atoms with Crippen molar-refractivity contribution in [3.05, 3.63) is 11.9 Å². The molecule has 1 aromatic heterocycles. The Labute approximate surface area is 95.3 Å². The van der Waals surface area contributed by atoms with Gasteiger partial charge in [0.1, 0.15) is 18.0 Å². The summed E-state index contributed by atoms with van der Waals surface area (Å²) < 4.78 is 0. The van der Waals surface area contributed by atoms with Crippen LogP contribution in [-0.4, -0.2) is 27.7 Å². The van der Waals surface area contributed by atoms with Crippen LogP contribution in [0.4, 0.5) is 11.6 Å². The van der Waals surface area contributed by atoms with E-state index in [-0.39, 0.29) is 12.6 Å². The quantitative estimate of drug-likeness (QED) is 0.416. The van der Waals surface area contributed by atoms with E-state index in [1.807, 2.05) is 13.8 Å². The molecular weight excluding hydrogens is 206 g/mol. The summed E-state index contributed by atoms with van der Waals surface area (Å²) in [5.74, 6) is 6.78. The molecule has 1 aromatic rings. The fourth-order valence-corrected chi connectivity index (χ4v) is 1.50. The minimum atomic E-state index is 0.155. The van der Waals surface area contributed by atoms with E-state index in [1.54, 1.807) is 0 Å². The van der Waals surface area contributed by atoms with Gasteiger partial charge in [0.15, 0.2) is 0 Å². The van der Waals surface area contributed by atoms with Crippen molar-refractivity contribution in [3.8, 4) is 0 Å². The number of aliphatic hydroxyl groups excluding tert-OH is 1. The lowest BCUT2D eigenvalue weighted by atomic mass is 10.2. The van der Waals surface area contributed by atoms with Gasteiger partial charge in [0, 0.05) is 18.2 Å². The third-order valence-electron chi connectivity index (χ3n) is 2.38. The first-order valence-electron chi connectivity index (χ1n) is 5.40. The molecule has 16 heavy (non-hydrogen) atoms. The van der Waals surface area contributed by atoms with Gasteiger partial charge in [-0.1, -0.05) is 6.92 Å². The summed E-state index contributed by atoms with van der Waals surface area (Å²) in [7, 11) is 0. The molecule has 0 spiro atoms. The van der Waals surface area contributed by atoms with E-state index >= 15 is 0 Å². The highest BCUT2D eigenvalue weighted by Crippen LogP contribution is 2.20. The van der Waals surface area contributed by atoms with Crippen LogP contribution in [0.1, 0.15) is 25.8 Å². The molecule has 0 amide bonds.